The van der Waals surface area contributed by atoms with Gasteiger partial charge < -0.3 is 19.6 Å². The van der Waals surface area contributed by atoms with Crippen LogP contribution < -0.4 is 14.8 Å². The highest BCUT2D eigenvalue weighted by molar-refractivity contribution is 6.45. The summed E-state index contributed by atoms with van der Waals surface area (Å²) in [6.45, 7) is 0. The SMILES string of the molecule is CNC(=O)/C(=N/OC)c1cccnc1Oc1ccn(-c2ccc(OC)cc2)n1. The summed E-state index contributed by atoms with van der Waals surface area (Å²) in [5.41, 5.74) is 1.26. The van der Waals surface area contributed by atoms with Crippen LogP contribution in [0, 0.1) is 0 Å². The van der Waals surface area contributed by atoms with Gasteiger partial charge in [-0.1, -0.05) is 5.16 Å². The molecule has 0 atom stereocenters. The van der Waals surface area contributed by atoms with Crippen molar-refractivity contribution >= 4 is 11.6 Å². The van der Waals surface area contributed by atoms with E-state index >= 15 is 0 Å². The van der Waals surface area contributed by atoms with Crippen molar-refractivity contribution in [3.05, 3.63) is 60.4 Å². The Bertz CT molecular complexity index is 982. The summed E-state index contributed by atoms with van der Waals surface area (Å²) < 4.78 is 12.6. The fourth-order valence-corrected chi connectivity index (χ4v) is 2.41. The molecule has 1 aromatic carbocycles. The quantitative estimate of drug-likeness (QED) is 0.497. The van der Waals surface area contributed by atoms with Crippen LogP contribution in [-0.2, 0) is 9.63 Å². The first kappa shape index (κ1) is 18.9. The van der Waals surface area contributed by atoms with Crippen LogP contribution in [0.4, 0.5) is 0 Å². The molecule has 0 fully saturated rings. The molecule has 0 spiro atoms. The second kappa shape index (κ2) is 8.67. The molecular formula is C19H19N5O4. The molecule has 9 nitrogen and oxygen atoms in total. The van der Waals surface area contributed by atoms with Crippen LogP contribution in [0.5, 0.6) is 17.5 Å². The van der Waals surface area contributed by atoms with E-state index in [0.29, 0.717) is 11.4 Å². The first-order valence-corrected chi connectivity index (χ1v) is 8.33. The average molecular weight is 381 g/mol. The largest absolute Gasteiger partial charge is 0.497 e. The van der Waals surface area contributed by atoms with E-state index in [1.807, 2.05) is 24.3 Å². The Morgan fingerprint density at radius 2 is 1.93 bits per heavy atom. The van der Waals surface area contributed by atoms with Gasteiger partial charge in [0.05, 0.1) is 18.4 Å². The zero-order valence-corrected chi connectivity index (χ0v) is 15.6. The number of aromatic nitrogens is 3. The smallest absolute Gasteiger partial charge is 0.273 e. The van der Waals surface area contributed by atoms with Gasteiger partial charge in [-0.05, 0) is 36.4 Å². The summed E-state index contributed by atoms with van der Waals surface area (Å²) in [7, 11) is 4.47. The van der Waals surface area contributed by atoms with Gasteiger partial charge in [0, 0.05) is 25.5 Å². The van der Waals surface area contributed by atoms with Crippen molar-refractivity contribution in [2.24, 2.45) is 5.16 Å². The number of pyridine rings is 1. The zero-order valence-electron chi connectivity index (χ0n) is 15.6. The average Bonchev–Trinajstić information content (AvgIpc) is 3.20. The molecule has 1 N–H and O–H groups in total. The standard InChI is InChI=1S/C19H19N5O4/c1-20-18(25)17(23-27-3)15-5-4-11-21-19(15)28-16-10-12-24(22-16)13-6-8-14(26-2)9-7-13/h4-12H,1-3H3,(H,20,25)/b23-17+. The van der Waals surface area contributed by atoms with Gasteiger partial charge >= 0.3 is 0 Å². The summed E-state index contributed by atoms with van der Waals surface area (Å²) in [6.07, 6.45) is 3.30. The minimum absolute atomic E-state index is 0.0442. The Morgan fingerprint density at radius 1 is 1.14 bits per heavy atom. The molecule has 0 aliphatic rings. The van der Waals surface area contributed by atoms with Crippen LogP contribution in [-0.4, -0.2) is 47.7 Å². The Morgan fingerprint density at radius 3 is 2.61 bits per heavy atom. The number of methoxy groups -OCH3 is 1. The number of hydrogen-bond acceptors (Lipinski definition) is 7. The van der Waals surface area contributed by atoms with E-state index in [1.54, 1.807) is 42.4 Å². The molecule has 0 radical (unpaired) electrons. The Kier molecular flexibility index (Phi) is 5.85. The molecule has 28 heavy (non-hydrogen) atoms. The third-order valence-electron chi connectivity index (χ3n) is 3.75. The van der Waals surface area contributed by atoms with Crippen molar-refractivity contribution in [1.82, 2.24) is 20.1 Å². The Hall–Kier alpha value is -3.88. The molecule has 0 aliphatic heterocycles. The number of amides is 1. The van der Waals surface area contributed by atoms with Crippen LogP contribution in [0.1, 0.15) is 5.56 Å². The molecule has 144 valence electrons. The lowest BCUT2D eigenvalue weighted by molar-refractivity contribution is -0.114. The Labute approximate surface area is 161 Å². The van der Waals surface area contributed by atoms with E-state index in [4.69, 9.17) is 14.3 Å². The lowest BCUT2D eigenvalue weighted by Crippen LogP contribution is -2.29. The van der Waals surface area contributed by atoms with E-state index in [2.05, 4.69) is 20.6 Å². The Balaban J connectivity index is 1.88. The highest BCUT2D eigenvalue weighted by atomic mass is 16.6. The minimum Gasteiger partial charge on any atom is -0.497 e. The number of likely N-dealkylation sites (N-methyl/N-ethyl adjacent to an activating group) is 1. The van der Waals surface area contributed by atoms with E-state index in [1.165, 1.54) is 14.2 Å². The van der Waals surface area contributed by atoms with Crippen molar-refractivity contribution in [2.75, 3.05) is 21.3 Å². The van der Waals surface area contributed by atoms with Gasteiger partial charge in [0.1, 0.15) is 12.9 Å². The lowest BCUT2D eigenvalue weighted by atomic mass is 10.1. The highest BCUT2D eigenvalue weighted by Crippen LogP contribution is 2.23. The number of benzene rings is 1. The maximum absolute atomic E-state index is 12.1. The topological polar surface area (TPSA) is 99.9 Å². The van der Waals surface area contributed by atoms with Gasteiger partial charge in [-0.25, -0.2) is 9.67 Å². The summed E-state index contributed by atoms with van der Waals surface area (Å²) in [5.74, 6) is 0.819. The maximum atomic E-state index is 12.1. The van der Waals surface area contributed by atoms with Gasteiger partial charge in [0.15, 0.2) is 5.71 Å². The van der Waals surface area contributed by atoms with Crippen LogP contribution in [0.3, 0.4) is 0 Å². The number of carbonyl (C=O) groups is 1. The van der Waals surface area contributed by atoms with E-state index in [9.17, 15) is 4.79 Å². The number of carbonyl (C=O) groups excluding carboxylic acids is 1. The van der Waals surface area contributed by atoms with E-state index in [-0.39, 0.29) is 11.6 Å². The van der Waals surface area contributed by atoms with Crippen LogP contribution in [0.25, 0.3) is 5.69 Å². The predicted molar refractivity (Wildman–Crippen MR) is 102 cm³/mol. The highest BCUT2D eigenvalue weighted by Gasteiger charge is 2.20. The van der Waals surface area contributed by atoms with Gasteiger partial charge in [0.25, 0.3) is 5.91 Å². The van der Waals surface area contributed by atoms with E-state index in [0.717, 1.165) is 11.4 Å². The number of ether oxygens (including phenoxy) is 2. The molecule has 3 aromatic rings. The van der Waals surface area contributed by atoms with Crippen LogP contribution in [0.15, 0.2) is 60.0 Å². The van der Waals surface area contributed by atoms with Crippen molar-refractivity contribution in [1.29, 1.82) is 0 Å². The maximum Gasteiger partial charge on any atom is 0.273 e. The normalized spacial score (nSPS) is 11.0. The zero-order chi connectivity index (χ0) is 19.9. The molecule has 0 unspecified atom stereocenters. The molecule has 9 heteroatoms. The lowest BCUT2D eigenvalue weighted by Gasteiger charge is -2.09. The first-order valence-electron chi connectivity index (χ1n) is 8.33. The van der Waals surface area contributed by atoms with Gasteiger partial charge in [-0.3, -0.25) is 4.79 Å². The van der Waals surface area contributed by atoms with Gasteiger partial charge in [-0.15, -0.1) is 5.10 Å². The fourth-order valence-electron chi connectivity index (χ4n) is 2.41. The summed E-state index contributed by atoms with van der Waals surface area (Å²) in [5, 5.41) is 10.7. The molecule has 0 aliphatic carbocycles. The van der Waals surface area contributed by atoms with Crippen LogP contribution >= 0.6 is 0 Å². The first-order chi connectivity index (χ1) is 13.7. The molecule has 2 heterocycles. The molecule has 0 saturated carbocycles. The minimum atomic E-state index is -0.427. The molecule has 3 rings (SSSR count). The second-order valence-electron chi connectivity index (χ2n) is 5.46. The van der Waals surface area contributed by atoms with Crippen molar-refractivity contribution < 1.29 is 19.1 Å². The molecule has 0 saturated heterocycles. The third-order valence-corrected chi connectivity index (χ3v) is 3.75. The third kappa shape index (κ3) is 4.09. The number of hydrogen-bond donors (Lipinski definition) is 1. The van der Waals surface area contributed by atoms with Gasteiger partial charge in [0.2, 0.25) is 11.8 Å². The van der Waals surface area contributed by atoms with Crippen molar-refractivity contribution in [2.45, 2.75) is 0 Å². The number of rotatable bonds is 7. The number of oxime groups is 1. The van der Waals surface area contributed by atoms with Crippen molar-refractivity contribution in [3.8, 4) is 23.2 Å². The van der Waals surface area contributed by atoms with E-state index < -0.39 is 5.91 Å². The molecule has 2 aromatic heterocycles. The predicted octanol–water partition coefficient (Wildman–Crippen LogP) is 2.16. The van der Waals surface area contributed by atoms with Crippen LogP contribution in [0.2, 0.25) is 0 Å². The number of nitrogens with zero attached hydrogens (tertiary/aromatic N) is 4. The monoisotopic (exact) mass is 381 g/mol. The summed E-state index contributed by atoms with van der Waals surface area (Å²) in [4.78, 5) is 21.1. The van der Waals surface area contributed by atoms with Gasteiger partial charge in [-0.2, -0.15) is 0 Å². The second-order valence-corrected chi connectivity index (χ2v) is 5.46. The fraction of sp³-hybridized carbons (Fsp3) is 0.158. The molecule has 1 amide bonds. The molecule has 0 bridgehead atoms. The summed E-state index contributed by atoms with van der Waals surface area (Å²) in [6, 6.07) is 12.4. The molecular weight excluding hydrogens is 362 g/mol. The van der Waals surface area contributed by atoms with Crippen molar-refractivity contribution in [3.63, 3.8) is 0 Å². The number of nitrogens with one attached hydrogen (secondary N) is 1. The summed E-state index contributed by atoms with van der Waals surface area (Å²) >= 11 is 0.